The van der Waals surface area contributed by atoms with Crippen LogP contribution in [0.25, 0.3) is 6.08 Å². The van der Waals surface area contributed by atoms with E-state index < -0.39 is 11.3 Å². The third-order valence-corrected chi connectivity index (χ3v) is 4.97. The SMILES string of the molecule is COc1ccc2c(c1)C=CC1(O2)N(c2ccccc2)C(=S)OC1(C)C. The molecule has 0 amide bonds. The van der Waals surface area contributed by atoms with Gasteiger partial charge in [-0.05, 0) is 68.5 Å². The normalized spacial score (nSPS) is 23.2. The van der Waals surface area contributed by atoms with Crippen LogP contribution in [0.15, 0.2) is 54.6 Å². The zero-order chi connectivity index (χ0) is 17.7. The van der Waals surface area contributed by atoms with Crippen molar-refractivity contribution in [2.75, 3.05) is 12.0 Å². The molecule has 0 bridgehead atoms. The largest absolute Gasteiger partial charge is 0.497 e. The first-order chi connectivity index (χ1) is 12.0. The van der Waals surface area contributed by atoms with E-state index in [2.05, 4.69) is 0 Å². The van der Waals surface area contributed by atoms with E-state index in [0.29, 0.717) is 5.17 Å². The van der Waals surface area contributed by atoms with E-state index in [1.165, 1.54) is 0 Å². The number of methoxy groups -OCH3 is 1. The van der Waals surface area contributed by atoms with Crippen LogP contribution in [0.4, 0.5) is 5.69 Å². The number of hydrogen-bond donors (Lipinski definition) is 0. The standard InChI is InChI=1S/C20H19NO3S/c1-19(2)20(21(18(25)24-19)15-7-5-4-6-8-15)12-11-14-13-16(22-3)9-10-17(14)23-20/h4-13H,1-3H3. The predicted octanol–water partition coefficient (Wildman–Crippen LogP) is 4.40. The highest BCUT2D eigenvalue weighted by molar-refractivity contribution is 7.80. The number of anilines is 1. The van der Waals surface area contributed by atoms with Crippen LogP contribution in [0.5, 0.6) is 11.5 Å². The van der Waals surface area contributed by atoms with Crippen molar-refractivity contribution in [3.05, 3.63) is 60.2 Å². The molecule has 4 rings (SSSR count). The Balaban J connectivity index is 1.85. The Hall–Kier alpha value is -2.53. The van der Waals surface area contributed by atoms with E-state index in [9.17, 15) is 0 Å². The Bertz CT molecular complexity index is 862. The van der Waals surface area contributed by atoms with Crippen molar-refractivity contribution >= 4 is 29.2 Å². The second kappa shape index (κ2) is 5.49. The van der Waals surface area contributed by atoms with E-state index in [1.54, 1.807) is 7.11 Å². The summed E-state index contributed by atoms with van der Waals surface area (Å²) in [6.07, 6.45) is 4.05. The average molecular weight is 353 g/mol. The molecule has 1 atom stereocenters. The summed E-state index contributed by atoms with van der Waals surface area (Å²) in [5, 5.41) is 0.401. The van der Waals surface area contributed by atoms with Gasteiger partial charge in [0.15, 0.2) is 5.60 Å². The van der Waals surface area contributed by atoms with Gasteiger partial charge in [0.1, 0.15) is 11.5 Å². The van der Waals surface area contributed by atoms with E-state index in [1.807, 2.05) is 79.4 Å². The highest BCUT2D eigenvalue weighted by atomic mass is 32.1. The summed E-state index contributed by atoms with van der Waals surface area (Å²) in [5.74, 6) is 1.56. The van der Waals surface area contributed by atoms with Gasteiger partial charge in [0.05, 0.1) is 7.11 Å². The first-order valence-electron chi connectivity index (χ1n) is 8.11. The summed E-state index contributed by atoms with van der Waals surface area (Å²) in [6.45, 7) is 3.97. The Morgan fingerprint density at radius 3 is 2.52 bits per heavy atom. The Kier molecular flexibility index (Phi) is 3.51. The smallest absolute Gasteiger partial charge is 0.268 e. The number of hydrogen-bond acceptors (Lipinski definition) is 4. The molecule has 0 radical (unpaired) electrons. The van der Waals surface area contributed by atoms with Crippen LogP contribution in [-0.4, -0.2) is 23.6 Å². The van der Waals surface area contributed by atoms with Gasteiger partial charge in [0, 0.05) is 11.3 Å². The first-order valence-corrected chi connectivity index (χ1v) is 8.52. The average Bonchev–Trinajstić information content (AvgIpc) is 2.80. The molecule has 2 aromatic carbocycles. The molecular weight excluding hydrogens is 334 g/mol. The highest BCUT2D eigenvalue weighted by Crippen LogP contribution is 2.48. The molecule has 25 heavy (non-hydrogen) atoms. The number of nitrogens with zero attached hydrogens (tertiary/aromatic N) is 1. The summed E-state index contributed by atoms with van der Waals surface area (Å²) >= 11 is 5.53. The van der Waals surface area contributed by atoms with Crippen LogP contribution in [0, 0.1) is 0 Å². The monoisotopic (exact) mass is 353 g/mol. The van der Waals surface area contributed by atoms with Crippen molar-refractivity contribution in [3.63, 3.8) is 0 Å². The van der Waals surface area contributed by atoms with E-state index in [-0.39, 0.29) is 0 Å². The maximum Gasteiger partial charge on any atom is 0.268 e. The number of benzene rings is 2. The first kappa shape index (κ1) is 16.0. The molecule has 0 aliphatic carbocycles. The van der Waals surface area contributed by atoms with Gasteiger partial charge in [-0.15, -0.1) is 0 Å². The van der Waals surface area contributed by atoms with Crippen LogP contribution >= 0.6 is 12.2 Å². The van der Waals surface area contributed by atoms with Crippen LogP contribution in [0.2, 0.25) is 0 Å². The van der Waals surface area contributed by atoms with Crippen molar-refractivity contribution in [1.29, 1.82) is 0 Å². The van der Waals surface area contributed by atoms with Crippen LogP contribution < -0.4 is 14.4 Å². The Morgan fingerprint density at radius 1 is 1.04 bits per heavy atom. The molecular formula is C20H19NO3S. The van der Waals surface area contributed by atoms with Gasteiger partial charge >= 0.3 is 0 Å². The molecule has 2 aliphatic heterocycles. The summed E-state index contributed by atoms with van der Waals surface area (Å²) in [4.78, 5) is 1.94. The lowest BCUT2D eigenvalue weighted by Gasteiger charge is -2.43. The minimum atomic E-state index is -0.854. The molecule has 0 N–H and O–H groups in total. The van der Waals surface area contributed by atoms with Crippen molar-refractivity contribution in [2.45, 2.75) is 25.2 Å². The molecule has 4 nitrogen and oxygen atoms in total. The number of fused-ring (bicyclic) bond motifs is 1. The fourth-order valence-corrected chi connectivity index (χ4v) is 3.79. The number of rotatable bonds is 2. The molecule has 2 heterocycles. The quantitative estimate of drug-likeness (QED) is 0.747. The van der Waals surface area contributed by atoms with Crippen molar-refractivity contribution in [3.8, 4) is 11.5 Å². The third-order valence-electron chi connectivity index (χ3n) is 4.71. The van der Waals surface area contributed by atoms with Crippen LogP contribution in [0.3, 0.4) is 0 Å². The molecule has 2 aromatic rings. The van der Waals surface area contributed by atoms with Gasteiger partial charge in [-0.3, -0.25) is 4.90 Å². The van der Waals surface area contributed by atoms with Gasteiger partial charge < -0.3 is 14.2 Å². The summed E-state index contributed by atoms with van der Waals surface area (Å²) < 4.78 is 17.8. The summed E-state index contributed by atoms with van der Waals surface area (Å²) in [7, 11) is 1.65. The van der Waals surface area contributed by atoms with E-state index in [0.717, 1.165) is 22.7 Å². The summed E-state index contributed by atoms with van der Waals surface area (Å²) in [6, 6.07) is 15.7. The number of thiocarbonyl (C=S) groups is 1. The van der Waals surface area contributed by atoms with Gasteiger partial charge in [0.2, 0.25) is 5.72 Å². The molecule has 1 saturated heterocycles. The Morgan fingerprint density at radius 2 is 1.80 bits per heavy atom. The third kappa shape index (κ3) is 2.30. The maximum absolute atomic E-state index is 6.50. The second-order valence-electron chi connectivity index (χ2n) is 6.58. The molecule has 5 heteroatoms. The Labute approximate surface area is 152 Å². The van der Waals surface area contributed by atoms with Crippen LogP contribution in [0.1, 0.15) is 19.4 Å². The minimum absolute atomic E-state index is 0.401. The van der Waals surface area contributed by atoms with E-state index >= 15 is 0 Å². The number of para-hydroxylation sites is 1. The zero-order valence-electron chi connectivity index (χ0n) is 14.4. The predicted molar refractivity (Wildman–Crippen MR) is 102 cm³/mol. The zero-order valence-corrected chi connectivity index (χ0v) is 15.2. The molecule has 1 fully saturated rings. The molecule has 1 spiro atoms. The van der Waals surface area contributed by atoms with Gasteiger partial charge in [-0.25, -0.2) is 0 Å². The number of ether oxygens (including phenoxy) is 3. The lowest BCUT2D eigenvalue weighted by molar-refractivity contribution is -0.0308. The van der Waals surface area contributed by atoms with Crippen molar-refractivity contribution < 1.29 is 14.2 Å². The fraction of sp³-hybridized carbons (Fsp3) is 0.250. The highest BCUT2D eigenvalue weighted by Gasteiger charge is 2.61. The topological polar surface area (TPSA) is 30.9 Å². The maximum atomic E-state index is 6.50. The molecule has 1 unspecified atom stereocenters. The molecule has 0 saturated carbocycles. The minimum Gasteiger partial charge on any atom is -0.497 e. The van der Waals surface area contributed by atoms with Crippen LogP contribution in [-0.2, 0) is 4.74 Å². The van der Waals surface area contributed by atoms with Gasteiger partial charge in [-0.1, -0.05) is 18.2 Å². The molecule has 128 valence electrons. The van der Waals surface area contributed by atoms with Crippen molar-refractivity contribution in [1.82, 2.24) is 0 Å². The second-order valence-corrected chi connectivity index (χ2v) is 6.93. The molecule has 2 aliphatic rings. The van der Waals surface area contributed by atoms with Gasteiger partial charge in [-0.2, -0.15) is 0 Å². The van der Waals surface area contributed by atoms with Crippen molar-refractivity contribution in [2.24, 2.45) is 0 Å². The summed E-state index contributed by atoms with van der Waals surface area (Å²) in [5.41, 5.74) is 0.382. The van der Waals surface area contributed by atoms with Gasteiger partial charge in [0.25, 0.3) is 5.17 Å². The fourth-order valence-electron chi connectivity index (χ4n) is 3.34. The molecule has 0 aromatic heterocycles. The lowest BCUT2D eigenvalue weighted by atomic mass is 9.90. The lowest BCUT2D eigenvalue weighted by Crippen LogP contribution is -2.60. The van der Waals surface area contributed by atoms with E-state index in [4.69, 9.17) is 26.4 Å².